The van der Waals surface area contributed by atoms with Crippen molar-refractivity contribution in [2.45, 2.75) is 32.1 Å². The van der Waals surface area contributed by atoms with Gasteiger partial charge in [-0.05, 0) is 50.1 Å². The lowest BCUT2D eigenvalue weighted by Crippen LogP contribution is -2.05. The van der Waals surface area contributed by atoms with Crippen LogP contribution >= 0.6 is 0 Å². The molecule has 3 nitrogen and oxygen atoms in total. The van der Waals surface area contributed by atoms with Crippen molar-refractivity contribution in [3.63, 3.8) is 0 Å². The Hall–Kier alpha value is -1.61. The third kappa shape index (κ3) is 2.18. The van der Waals surface area contributed by atoms with Crippen molar-refractivity contribution in [3.05, 3.63) is 47.3 Å². The molecule has 1 fully saturated rings. The van der Waals surface area contributed by atoms with E-state index >= 15 is 0 Å². The Morgan fingerprint density at radius 2 is 2.17 bits per heavy atom. The molecule has 0 aliphatic heterocycles. The quantitative estimate of drug-likeness (QED) is 0.894. The van der Waals surface area contributed by atoms with E-state index in [1.165, 1.54) is 29.8 Å². The van der Waals surface area contributed by atoms with Crippen LogP contribution in [-0.2, 0) is 6.42 Å². The summed E-state index contributed by atoms with van der Waals surface area (Å²) in [5.41, 5.74) is 10.5. The van der Waals surface area contributed by atoms with E-state index in [9.17, 15) is 0 Å². The first-order chi connectivity index (χ1) is 8.78. The Kier molecular flexibility index (Phi) is 2.92. The second-order valence-electron chi connectivity index (χ2n) is 5.12. The normalized spacial score (nSPS) is 15.0. The summed E-state index contributed by atoms with van der Waals surface area (Å²) in [7, 11) is 0. The smallest absolute Gasteiger partial charge is 0.0651 e. The standard InChI is InChI=1S/C15H19N3/c1-11-3-2-4-14(9-11)18-15(12-5-6-12)10-13(17-18)7-8-16/h2-4,9-10,12H,5-8,16H2,1H3. The third-order valence-corrected chi connectivity index (χ3v) is 3.43. The number of aromatic nitrogens is 2. The van der Waals surface area contributed by atoms with Crippen molar-refractivity contribution in [1.29, 1.82) is 0 Å². The van der Waals surface area contributed by atoms with Crippen LogP contribution in [0.25, 0.3) is 5.69 Å². The molecule has 1 aliphatic carbocycles. The Morgan fingerprint density at radius 3 is 2.83 bits per heavy atom. The van der Waals surface area contributed by atoms with Crippen LogP contribution in [0.2, 0.25) is 0 Å². The van der Waals surface area contributed by atoms with Crippen molar-refractivity contribution in [3.8, 4) is 5.69 Å². The second-order valence-corrected chi connectivity index (χ2v) is 5.12. The van der Waals surface area contributed by atoms with E-state index in [0.717, 1.165) is 12.1 Å². The van der Waals surface area contributed by atoms with Crippen molar-refractivity contribution < 1.29 is 0 Å². The molecule has 2 aromatic rings. The molecule has 1 aliphatic rings. The molecular formula is C15H19N3. The summed E-state index contributed by atoms with van der Waals surface area (Å²) in [4.78, 5) is 0. The molecule has 0 saturated heterocycles. The van der Waals surface area contributed by atoms with E-state index in [-0.39, 0.29) is 0 Å². The summed E-state index contributed by atoms with van der Waals surface area (Å²) in [5.74, 6) is 0.699. The van der Waals surface area contributed by atoms with E-state index < -0.39 is 0 Å². The zero-order valence-corrected chi connectivity index (χ0v) is 10.8. The number of nitrogens with two attached hydrogens (primary N) is 1. The van der Waals surface area contributed by atoms with Gasteiger partial charge in [0.15, 0.2) is 0 Å². The minimum absolute atomic E-state index is 0.662. The highest BCUT2D eigenvalue weighted by Gasteiger charge is 2.28. The maximum atomic E-state index is 5.63. The molecule has 1 aromatic heterocycles. The fraction of sp³-hybridized carbons (Fsp3) is 0.400. The van der Waals surface area contributed by atoms with Gasteiger partial charge >= 0.3 is 0 Å². The lowest BCUT2D eigenvalue weighted by Gasteiger charge is -2.07. The SMILES string of the molecule is Cc1cccc(-n2nc(CCN)cc2C2CC2)c1. The lowest BCUT2D eigenvalue weighted by molar-refractivity contribution is 0.780. The van der Waals surface area contributed by atoms with Crippen molar-refractivity contribution in [2.75, 3.05) is 6.54 Å². The van der Waals surface area contributed by atoms with Crippen LogP contribution in [0, 0.1) is 6.92 Å². The zero-order valence-electron chi connectivity index (χ0n) is 10.8. The molecule has 18 heavy (non-hydrogen) atoms. The highest BCUT2D eigenvalue weighted by molar-refractivity contribution is 5.38. The molecule has 0 spiro atoms. The number of hydrogen-bond acceptors (Lipinski definition) is 2. The average Bonchev–Trinajstić information content (AvgIpc) is 3.11. The largest absolute Gasteiger partial charge is 0.330 e. The summed E-state index contributed by atoms with van der Waals surface area (Å²) < 4.78 is 2.11. The van der Waals surface area contributed by atoms with Gasteiger partial charge in [0.05, 0.1) is 11.4 Å². The van der Waals surface area contributed by atoms with Gasteiger partial charge in [-0.2, -0.15) is 5.10 Å². The van der Waals surface area contributed by atoms with E-state index in [0.29, 0.717) is 12.5 Å². The molecule has 3 rings (SSSR count). The molecule has 1 aromatic carbocycles. The summed E-state index contributed by atoms with van der Waals surface area (Å²) >= 11 is 0. The first-order valence-electron chi connectivity index (χ1n) is 6.64. The minimum Gasteiger partial charge on any atom is -0.330 e. The van der Waals surface area contributed by atoms with Crippen LogP contribution in [0.15, 0.2) is 30.3 Å². The molecule has 94 valence electrons. The Balaban J connectivity index is 2.03. The van der Waals surface area contributed by atoms with E-state index in [1.54, 1.807) is 0 Å². The molecule has 1 heterocycles. The van der Waals surface area contributed by atoms with Crippen LogP contribution in [0.5, 0.6) is 0 Å². The first-order valence-corrected chi connectivity index (χ1v) is 6.64. The lowest BCUT2D eigenvalue weighted by atomic mass is 10.2. The summed E-state index contributed by atoms with van der Waals surface area (Å²) in [6.07, 6.45) is 3.44. The predicted octanol–water partition coefficient (Wildman–Crippen LogP) is 2.56. The Morgan fingerprint density at radius 1 is 1.33 bits per heavy atom. The van der Waals surface area contributed by atoms with Crippen LogP contribution < -0.4 is 5.73 Å². The van der Waals surface area contributed by atoms with E-state index in [2.05, 4.69) is 41.9 Å². The molecular weight excluding hydrogens is 222 g/mol. The van der Waals surface area contributed by atoms with Crippen LogP contribution in [-0.4, -0.2) is 16.3 Å². The molecule has 3 heteroatoms. The van der Waals surface area contributed by atoms with Crippen LogP contribution in [0.3, 0.4) is 0 Å². The zero-order chi connectivity index (χ0) is 12.5. The van der Waals surface area contributed by atoms with Gasteiger partial charge in [0.1, 0.15) is 0 Å². The fourth-order valence-corrected chi connectivity index (χ4v) is 2.35. The first kappa shape index (κ1) is 11.5. The van der Waals surface area contributed by atoms with Crippen molar-refractivity contribution >= 4 is 0 Å². The number of rotatable bonds is 4. The van der Waals surface area contributed by atoms with Gasteiger partial charge in [0.2, 0.25) is 0 Å². The minimum atomic E-state index is 0.662. The predicted molar refractivity (Wildman–Crippen MR) is 73.0 cm³/mol. The molecule has 0 bridgehead atoms. The number of hydrogen-bond donors (Lipinski definition) is 1. The van der Waals surface area contributed by atoms with E-state index in [4.69, 9.17) is 10.8 Å². The third-order valence-electron chi connectivity index (χ3n) is 3.43. The summed E-state index contributed by atoms with van der Waals surface area (Å²) in [6, 6.07) is 10.7. The molecule has 1 saturated carbocycles. The van der Waals surface area contributed by atoms with Gasteiger partial charge < -0.3 is 5.73 Å². The average molecular weight is 241 g/mol. The molecule has 0 amide bonds. The topological polar surface area (TPSA) is 43.8 Å². The highest BCUT2D eigenvalue weighted by atomic mass is 15.3. The van der Waals surface area contributed by atoms with Gasteiger partial charge in [-0.1, -0.05) is 12.1 Å². The molecule has 0 atom stereocenters. The van der Waals surface area contributed by atoms with Crippen molar-refractivity contribution in [1.82, 2.24) is 9.78 Å². The highest BCUT2D eigenvalue weighted by Crippen LogP contribution is 2.41. The Labute approximate surface area is 108 Å². The fourth-order valence-electron chi connectivity index (χ4n) is 2.35. The van der Waals surface area contributed by atoms with Crippen LogP contribution in [0.4, 0.5) is 0 Å². The Bertz CT molecular complexity index is 553. The maximum absolute atomic E-state index is 5.63. The van der Waals surface area contributed by atoms with Crippen LogP contribution in [0.1, 0.15) is 35.7 Å². The number of benzene rings is 1. The second kappa shape index (κ2) is 4.58. The monoisotopic (exact) mass is 241 g/mol. The van der Waals surface area contributed by atoms with Crippen molar-refractivity contribution in [2.24, 2.45) is 5.73 Å². The molecule has 0 unspecified atom stereocenters. The van der Waals surface area contributed by atoms with Gasteiger partial charge in [0, 0.05) is 18.0 Å². The number of nitrogens with zero attached hydrogens (tertiary/aromatic N) is 2. The summed E-state index contributed by atoms with van der Waals surface area (Å²) in [6.45, 7) is 2.78. The van der Waals surface area contributed by atoms with E-state index in [1.807, 2.05) is 0 Å². The van der Waals surface area contributed by atoms with Gasteiger partial charge in [-0.15, -0.1) is 0 Å². The summed E-state index contributed by atoms with van der Waals surface area (Å²) in [5, 5.41) is 4.71. The molecule has 2 N–H and O–H groups in total. The maximum Gasteiger partial charge on any atom is 0.0651 e. The number of aryl methyl sites for hydroxylation is 1. The molecule has 0 radical (unpaired) electrons. The van der Waals surface area contributed by atoms with Gasteiger partial charge in [0.25, 0.3) is 0 Å². The van der Waals surface area contributed by atoms with Gasteiger partial charge in [-0.25, -0.2) is 4.68 Å². The van der Waals surface area contributed by atoms with Gasteiger partial charge in [-0.3, -0.25) is 0 Å².